The van der Waals surface area contributed by atoms with Crippen molar-refractivity contribution in [2.24, 2.45) is 7.05 Å². The molecule has 2 heterocycles. The van der Waals surface area contributed by atoms with Gasteiger partial charge in [-0.15, -0.1) is 0 Å². The van der Waals surface area contributed by atoms with E-state index in [9.17, 15) is 0 Å². The molecule has 0 unspecified atom stereocenters. The Morgan fingerprint density at radius 3 is 2.89 bits per heavy atom. The Morgan fingerprint density at radius 1 is 1.26 bits per heavy atom. The molecule has 0 saturated carbocycles. The van der Waals surface area contributed by atoms with Crippen molar-refractivity contribution in [3.8, 4) is 17.5 Å². The number of benzene rings is 1. The molecule has 19 heavy (non-hydrogen) atoms. The molecule has 2 aromatic heterocycles. The first-order chi connectivity index (χ1) is 9.17. The molecule has 0 aliphatic rings. The molecule has 0 bridgehead atoms. The molecule has 2 N–H and O–H groups in total. The zero-order valence-electron chi connectivity index (χ0n) is 10.2. The van der Waals surface area contributed by atoms with Gasteiger partial charge in [0.15, 0.2) is 5.82 Å². The van der Waals surface area contributed by atoms with Gasteiger partial charge in [0.1, 0.15) is 17.6 Å². The number of hydrogen-bond donors (Lipinski definition) is 1. The number of anilines is 1. The first-order valence-corrected chi connectivity index (χ1v) is 5.63. The Hall–Kier alpha value is -2.94. The van der Waals surface area contributed by atoms with Gasteiger partial charge in [-0.2, -0.15) is 5.26 Å². The zero-order chi connectivity index (χ0) is 13.4. The fourth-order valence-corrected chi connectivity index (χ4v) is 1.93. The molecule has 0 aliphatic carbocycles. The van der Waals surface area contributed by atoms with Crippen molar-refractivity contribution in [3.05, 3.63) is 36.3 Å². The lowest BCUT2D eigenvalue weighted by Crippen LogP contribution is -1.98. The molecule has 6 heteroatoms. The molecule has 92 valence electrons. The van der Waals surface area contributed by atoms with E-state index >= 15 is 0 Å². The average molecular weight is 250 g/mol. The molecular weight excluding hydrogens is 240 g/mol. The van der Waals surface area contributed by atoms with Gasteiger partial charge in [-0.3, -0.25) is 0 Å². The molecule has 0 aliphatic heterocycles. The molecule has 0 amide bonds. The second-order valence-corrected chi connectivity index (χ2v) is 4.17. The number of nitrogens with zero attached hydrogens (tertiary/aromatic N) is 5. The number of aromatic nitrogens is 4. The number of hydrogen-bond acceptors (Lipinski definition) is 5. The van der Waals surface area contributed by atoms with Crippen LogP contribution in [0.15, 0.2) is 30.6 Å². The lowest BCUT2D eigenvalue weighted by molar-refractivity contribution is 0.947. The van der Waals surface area contributed by atoms with E-state index in [0.717, 1.165) is 16.6 Å². The van der Waals surface area contributed by atoms with Crippen LogP contribution in [-0.2, 0) is 7.05 Å². The Morgan fingerprint density at radius 2 is 2.11 bits per heavy atom. The van der Waals surface area contributed by atoms with Crippen LogP contribution in [0.3, 0.4) is 0 Å². The number of nitriles is 1. The van der Waals surface area contributed by atoms with Crippen LogP contribution in [0.4, 0.5) is 5.82 Å². The molecule has 0 atom stereocenters. The number of nitrogen functional groups attached to an aromatic ring is 1. The molecule has 0 spiro atoms. The first-order valence-electron chi connectivity index (χ1n) is 5.63. The lowest BCUT2D eigenvalue weighted by atomic mass is 10.2. The van der Waals surface area contributed by atoms with Crippen LogP contribution in [0, 0.1) is 11.3 Å². The lowest BCUT2D eigenvalue weighted by Gasteiger charge is -2.02. The number of imidazole rings is 1. The summed E-state index contributed by atoms with van der Waals surface area (Å²) in [5, 5.41) is 8.90. The van der Waals surface area contributed by atoms with E-state index in [-0.39, 0.29) is 11.5 Å². The predicted molar refractivity (Wildman–Crippen MR) is 70.9 cm³/mol. The maximum absolute atomic E-state index is 8.90. The first kappa shape index (κ1) is 11.2. The van der Waals surface area contributed by atoms with E-state index < -0.39 is 0 Å². The summed E-state index contributed by atoms with van der Waals surface area (Å²) in [6.45, 7) is 0. The van der Waals surface area contributed by atoms with E-state index in [4.69, 9.17) is 11.0 Å². The minimum Gasteiger partial charge on any atom is -0.384 e. The summed E-state index contributed by atoms with van der Waals surface area (Å²) in [5.41, 5.74) is 8.58. The maximum atomic E-state index is 8.90. The van der Waals surface area contributed by atoms with Crippen molar-refractivity contribution in [2.45, 2.75) is 0 Å². The van der Waals surface area contributed by atoms with E-state index in [1.807, 2.05) is 35.9 Å². The molecule has 3 aromatic rings. The van der Waals surface area contributed by atoms with Gasteiger partial charge < -0.3 is 10.3 Å². The molecule has 3 rings (SSSR count). The van der Waals surface area contributed by atoms with E-state index in [2.05, 4.69) is 15.0 Å². The summed E-state index contributed by atoms with van der Waals surface area (Å²) in [5.74, 6) is 0.715. The summed E-state index contributed by atoms with van der Waals surface area (Å²) in [7, 11) is 1.93. The van der Waals surface area contributed by atoms with E-state index in [0.29, 0.717) is 5.82 Å². The minimum absolute atomic E-state index is 0.253. The highest BCUT2D eigenvalue weighted by molar-refractivity contribution is 5.80. The highest BCUT2D eigenvalue weighted by Crippen LogP contribution is 2.21. The van der Waals surface area contributed by atoms with Gasteiger partial charge in [-0.25, -0.2) is 15.0 Å². The van der Waals surface area contributed by atoms with Gasteiger partial charge in [-0.1, -0.05) is 0 Å². The second-order valence-electron chi connectivity index (χ2n) is 4.17. The van der Waals surface area contributed by atoms with Gasteiger partial charge in [-0.05, 0) is 18.2 Å². The smallest absolute Gasteiger partial charge is 0.163 e. The molecule has 0 saturated heterocycles. The maximum Gasteiger partial charge on any atom is 0.163 e. The van der Waals surface area contributed by atoms with Gasteiger partial charge in [0.25, 0.3) is 0 Å². The van der Waals surface area contributed by atoms with Gasteiger partial charge in [0, 0.05) is 18.7 Å². The van der Waals surface area contributed by atoms with Crippen LogP contribution in [0.1, 0.15) is 5.69 Å². The number of fused-ring (bicyclic) bond motifs is 1. The van der Waals surface area contributed by atoms with Crippen LogP contribution in [0.2, 0.25) is 0 Å². The van der Waals surface area contributed by atoms with Crippen LogP contribution in [0.25, 0.3) is 22.4 Å². The van der Waals surface area contributed by atoms with Crippen LogP contribution in [0.5, 0.6) is 0 Å². The zero-order valence-corrected chi connectivity index (χ0v) is 10.2. The molecule has 0 radical (unpaired) electrons. The Labute approximate surface area is 109 Å². The number of rotatable bonds is 1. The van der Waals surface area contributed by atoms with Crippen LogP contribution < -0.4 is 5.73 Å². The van der Waals surface area contributed by atoms with Gasteiger partial charge in [0.05, 0.1) is 17.4 Å². The topological polar surface area (TPSA) is 93.4 Å². The fourth-order valence-electron chi connectivity index (χ4n) is 1.93. The van der Waals surface area contributed by atoms with E-state index in [1.54, 1.807) is 6.33 Å². The van der Waals surface area contributed by atoms with Crippen molar-refractivity contribution in [1.29, 1.82) is 5.26 Å². The van der Waals surface area contributed by atoms with Crippen molar-refractivity contribution in [1.82, 2.24) is 19.5 Å². The number of nitrogens with two attached hydrogens (primary N) is 1. The minimum atomic E-state index is 0.253. The monoisotopic (exact) mass is 250 g/mol. The summed E-state index contributed by atoms with van der Waals surface area (Å²) in [6, 6.07) is 9.13. The van der Waals surface area contributed by atoms with Gasteiger partial charge in [0.2, 0.25) is 0 Å². The van der Waals surface area contributed by atoms with E-state index in [1.165, 1.54) is 6.07 Å². The Balaban J connectivity index is 2.19. The SMILES string of the molecule is Cn1cnc2cc(-c3nc(N)cc(C#N)n3)ccc21. The third kappa shape index (κ3) is 1.87. The van der Waals surface area contributed by atoms with Crippen molar-refractivity contribution < 1.29 is 0 Å². The largest absolute Gasteiger partial charge is 0.384 e. The third-order valence-corrected chi connectivity index (χ3v) is 2.84. The standard InChI is InChI=1S/C13H10N6/c1-19-7-16-10-4-8(2-3-11(10)19)13-17-9(6-14)5-12(15)18-13/h2-5,7H,1H3,(H2,15,17,18). The van der Waals surface area contributed by atoms with Crippen LogP contribution >= 0.6 is 0 Å². The summed E-state index contributed by atoms with van der Waals surface area (Å²) < 4.78 is 1.93. The molecule has 6 nitrogen and oxygen atoms in total. The molecule has 1 aromatic carbocycles. The molecular formula is C13H10N6. The van der Waals surface area contributed by atoms with Crippen molar-refractivity contribution >= 4 is 16.9 Å². The summed E-state index contributed by atoms with van der Waals surface area (Å²) in [4.78, 5) is 12.6. The molecule has 0 fully saturated rings. The highest BCUT2D eigenvalue weighted by atomic mass is 15.0. The second kappa shape index (κ2) is 4.07. The Bertz CT molecular complexity index is 812. The van der Waals surface area contributed by atoms with Gasteiger partial charge >= 0.3 is 0 Å². The quantitative estimate of drug-likeness (QED) is 0.706. The Kier molecular flexibility index (Phi) is 2.39. The van der Waals surface area contributed by atoms with Crippen molar-refractivity contribution in [2.75, 3.05) is 5.73 Å². The average Bonchev–Trinajstić information content (AvgIpc) is 2.79. The third-order valence-electron chi connectivity index (χ3n) is 2.84. The van der Waals surface area contributed by atoms with Crippen LogP contribution in [-0.4, -0.2) is 19.5 Å². The van der Waals surface area contributed by atoms with Crippen molar-refractivity contribution in [3.63, 3.8) is 0 Å². The number of aryl methyl sites for hydroxylation is 1. The summed E-state index contributed by atoms with van der Waals surface area (Å²) >= 11 is 0. The fraction of sp³-hybridized carbons (Fsp3) is 0.0769. The normalized spacial score (nSPS) is 10.5. The summed E-state index contributed by atoms with van der Waals surface area (Å²) in [6.07, 6.45) is 1.75. The predicted octanol–water partition coefficient (Wildman–Crippen LogP) is 1.48. The highest BCUT2D eigenvalue weighted by Gasteiger charge is 2.07.